The number of likely N-dealkylation sites (tertiary alicyclic amines) is 1. The number of carbonyl (C=O) groups excluding carboxylic acids is 3. The third-order valence-corrected chi connectivity index (χ3v) is 5.86. The lowest BCUT2D eigenvalue weighted by molar-refractivity contribution is -0.133. The molecule has 35 heavy (non-hydrogen) atoms. The van der Waals surface area contributed by atoms with Crippen LogP contribution in [0.4, 0.5) is 4.79 Å². The number of benzene rings is 1. The number of nitrogens with zero attached hydrogens (tertiary/aromatic N) is 3. The molecule has 1 aliphatic rings. The molecule has 10 nitrogen and oxygen atoms in total. The van der Waals surface area contributed by atoms with E-state index in [0.717, 1.165) is 57.7 Å². The molecule has 0 atom stereocenters. The molecule has 1 aromatic heterocycles. The van der Waals surface area contributed by atoms with Gasteiger partial charge in [-0.3, -0.25) is 0 Å². The van der Waals surface area contributed by atoms with E-state index in [1.54, 1.807) is 17.9 Å². The van der Waals surface area contributed by atoms with E-state index in [2.05, 4.69) is 15.3 Å². The number of amides is 1. The van der Waals surface area contributed by atoms with Crippen LogP contribution < -0.4 is 10.1 Å². The smallest absolute Gasteiger partial charge is 0.404 e. The molecule has 0 spiro atoms. The minimum Gasteiger partial charge on any atom is -0.404 e. The Morgan fingerprint density at radius 3 is 2.57 bits per heavy atom. The Morgan fingerprint density at radius 2 is 1.86 bits per heavy atom. The summed E-state index contributed by atoms with van der Waals surface area (Å²) in [4.78, 5) is 38.6. The van der Waals surface area contributed by atoms with Gasteiger partial charge in [0.1, 0.15) is 0 Å². The van der Waals surface area contributed by atoms with Gasteiger partial charge in [-0.25, -0.2) is 19.1 Å². The molecule has 1 N–H and O–H groups in total. The number of nitrogens with one attached hydrogen (secondary N) is 1. The maximum absolute atomic E-state index is 12.3. The molecule has 1 fully saturated rings. The second-order valence-corrected chi connectivity index (χ2v) is 8.84. The summed E-state index contributed by atoms with van der Waals surface area (Å²) >= 11 is 0. The maximum Gasteiger partial charge on any atom is 0.415 e. The number of hydrogen-bond acceptors (Lipinski definition) is 8. The van der Waals surface area contributed by atoms with E-state index in [4.69, 9.17) is 14.2 Å². The van der Waals surface area contributed by atoms with Crippen molar-refractivity contribution < 1.29 is 28.6 Å². The fraction of sp³-hybridized carbons (Fsp3) is 0.520. The summed E-state index contributed by atoms with van der Waals surface area (Å²) in [5.74, 6) is -1.09. The predicted octanol–water partition coefficient (Wildman–Crippen LogP) is 3.08. The SMILES string of the molecule is COCCCN1CCC(CNC(=O)OC(=O)/C=C/C(=O)Oc2c3ccccc3nn2C(C)C)CC1. The van der Waals surface area contributed by atoms with Gasteiger partial charge in [-0.15, -0.1) is 0 Å². The molecule has 0 aliphatic carbocycles. The molecule has 3 rings (SSSR count). The number of ether oxygens (including phenoxy) is 3. The fourth-order valence-corrected chi connectivity index (χ4v) is 3.98. The van der Waals surface area contributed by atoms with Crippen molar-refractivity contribution in [1.29, 1.82) is 0 Å². The predicted molar refractivity (Wildman–Crippen MR) is 130 cm³/mol. The van der Waals surface area contributed by atoms with Gasteiger partial charge in [-0.2, -0.15) is 5.10 Å². The first-order chi connectivity index (χ1) is 16.9. The lowest BCUT2D eigenvalue weighted by Gasteiger charge is -2.31. The number of rotatable bonds is 10. The van der Waals surface area contributed by atoms with Gasteiger partial charge in [0.05, 0.1) is 16.9 Å². The molecule has 0 bridgehead atoms. The van der Waals surface area contributed by atoms with Crippen LogP contribution in [-0.2, 0) is 19.1 Å². The van der Waals surface area contributed by atoms with Crippen LogP contribution in [0.2, 0.25) is 0 Å². The zero-order valence-electron chi connectivity index (χ0n) is 20.6. The lowest BCUT2D eigenvalue weighted by Crippen LogP contribution is -2.39. The number of carbonyl (C=O) groups is 3. The largest absolute Gasteiger partial charge is 0.415 e. The van der Waals surface area contributed by atoms with Crippen molar-refractivity contribution in [2.24, 2.45) is 5.92 Å². The first-order valence-corrected chi connectivity index (χ1v) is 12.0. The summed E-state index contributed by atoms with van der Waals surface area (Å²) in [6.07, 6.45) is 3.91. The zero-order valence-corrected chi connectivity index (χ0v) is 20.6. The monoisotopic (exact) mass is 486 g/mol. The Labute approximate surface area is 205 Å². The highest BCUT2D eigenvalue weighted by molar-refractivity contribution is 5.97. The quantitative estimate of drug-likeness (QED) is 0.236. The Morgan fingerprint density at radius 1 is 1.14 bits per heavy atom. The number of aromatic nitrogens is 2. The van der Waals surface area contributed by atoms with Gasteiger partial charge in [0.15, 0.2) is 0 Å². The van der Waals surface area contributed by atoms with Gasteiger partial charge in [-0.1, -0.05) is 12.1 Å². The van der Waals surface area contributed by atoms with Crippen LogP contribution in [0.25, 0.3) is 10.9 Å². The van der Waals surface area contributed by atoms with Crippen LogP contribution in [0, 0.1) is 5.92 Å². The van der Waals surface area contributed by atoms with Crippen LogP contribution in [-0.4, -0.2) is 72.6 Å². The second-order valence-electron chi connectivity index (χ2n) is 8.84. The molecular formula is C25H34N4O6. The van der Waals surface area contributed by atoms with Gasteiger partial charge >= 0.3 is 18.0 Å². The van der Waals surface area contributed by atoms with Crippen LogP contribution in [0.15, 0.2) is 36.4 Å². The Bertz CT molecular complexity index is 1040. The van der Waals surface area contributed by atoms with E-state index >= 15 is 0 Å². The topological polar surface area (TPSA) is 112 Å². The van der Waals surface area contributed by atoms with Gasteiger partial charge in [0.2, 0.25) is 5.88 Å². The Hall–Kier alpha value is -3.24. The number of esters is 2. The first-order valence-electron chi connectivity index (χ1n) is 12.0. The van der Waals surface area contributed by atoms with E-state index in [1.807, 2.05) is 32.0 Å². The second kappa shape index (κ2) is 13.0. The zero-order chi connectivity index (χ0) is 25.2. The first kappa shape index (κ1) is 26.4. The summed E-state index contributed by atoms with van der Waals surface area (Å²) < 4.78 is 16.8. The minimum absolute atomic E-state index is 0.0364. The average molecular weight is 487 g/mol. The summed E-state index contributed by atoms with van der Waals surface area (Å²) in [6.45, 7) is 7.99. The summed E-state index contributed by atoms with van der Waals surface area (Å²) in [5, 5.41) is 7.76. The van der Waals surface area contributed by atoms with Crippen molar-refractivity contribution in [3.63, 3.8) is 0 Å². The Kier molecular flexibility index (Phi) is 9.80. The molecule has 190 valence electrons. The maximum atomic E-state index is 12.3. The molecule has 1 aromatic carbocycles. The fourth-order valence-electron chi connectivity index (χ4n) is 3.98. The Balaban J connectivity index is 1.41. The van der Waals surface area contributed by atoms with E-state index in [1.165, 1.54) is 0 Å². The van der Waals surface area contributed by atoms with Crippen LogP contribution in [0.1, 0.15) is 39.2 Å². The summed E-state index contributed by atoms with van der Waals surface area (Å²) in [7, 11) is 1.70. The van der Waals surface area contributed by atoms with E-state index in [0.29, 0.717) is 29.2 Å². The van der Waals surface area contributed by atoms with Gasteiger partial charge in [-0.05, 0) is 64.3 Å². The number of piperidine rings is 1. The molecule has 0 radical (unpaired) electrons. The number of alkyl carbamates (subject to hydrolysis) is 1. The van der Waals surface area contributed by atoms with Crippen molar-refractivity contribution in [2.75, 3.05) is 39.9 Å². The standard InChI is InChI=1S/C25H34N4O6/c1-18(2)29-24(20-7-4-5-8-21(20)27-29)34-22(30)9-10-23(31)35-25(32)26-17-19-11-14-28(15-12-19)13-6-16-33-3/h4-5,7-10,18-19H,6,11-17H2,1-3H3,(H,26,32)/b10-9+. The number of hydrogen-bond donors (Lipinski definition) is 1. The lowest BCUT2D eigenvalue weighted by atomic mass is 9.97. The van der Waals surface area contributed by atoms with E-state index in [-0.39, 0.29) is 6.04 Å². The third kappa shape index (κ3) is 7.90. The highest BCUT2D eigenvalue weighted by Crippen LogP contribution is 2.28. The highest BCUT2D eigenvalue weighted by atomic mass is 16.6. The van der Waals surface area contributed by atoms with Crippen molar-refractivity contribution in [2.45, 2.75) is 39.2 Å². The molecule has 1 aliphatic heterocycles. The molecule has 10 heteroatoms. The minimum atomic E-state index is -0.949. The molecule has 1 saturated heterocycles. The van der Waals surface area contributed by atoms with Crippen LogP contribution >= 0.6 is 0 Å². The van der Waals surface area contributed by atoms with E-state index in [9.17, 15) is 14.4 Å². The van der Waals surface area contributed by atoms with E-state index < -0.39 is 18.0 Å². The van der Waals surface area contributed by atoms with Crippen molar-refractivity contribution >= 4 is 28.9 Å². The summed E-state index contributed by atoms with van der Waals surface area (Å²) in [5.41, 5.74) is 0.695. The third-order valence-electron chi connectivity index (χ3n) is 5.86. The van der Waals surface area contributed by atoms with Crippen molar-refractivity contribution in [3.05, 3.63) is 36.4 Å². The summed E-state index contributed by atoms with van der Waals surface area (Å²) in [6, 6.07) is 7.26. The van der Waals surface area contributed by atoms with Crippen molar-refractivity contribution in [1.82, 2.24) is 20.0 Å². The number of methoxy groups -OCH3 is 1. The highest BCUT2D eigenvalue weighted by Gasteiger charge is 2.20. The average Bonchev–Trinajstić information content (AvgIpc) is 3.21. The molecule has 0 saturated carbocycles. The molecular weight excluding hydrogens is 452 g/mol. The molecule has 1 amide bonds. The van der Waals surface area contributed by atoms with Crippen LogP contribution in [0.3, 0.4) is 0 Å². The van der Waals surface area contributed by atoms with Crippen LogP contribution in [0.5, 0.6) is 5.88 Å². The molecule has 2 aromatic rings. The number of fused-ring (bicyclic) bond motifs is 1. The van der Waals surface area contributed by atoms with Gasteiger partial charge in [0.25, 0.3) is 0 Å². The van der Waals surface area contributed by atoms with Crippen molar-refractivity contribution in [3.8, 4) is 5.88 Å². The normalized spacial score (nSPS) is 15.1. The molecule has 0 unspecified atom stereocenters. The van der Waals surface area contributed by atoms with Gasteiger partial charge < -0.3 is 24.4 Å². The molecule has 2 heterocycles. The van der Waals surface area contributed by atoms with Gasteiger partial charge in [0, 0.05) is 39.0 Å².